The highest BCUT2D eigenvalue weighted by Gasteiger charge is 2.02. The summed E-state index contributed by atoms with van der Waals surface area (Å²) in [5.74, 6) is 0.0996. The topological polar surface area (TPSA) is 140 Å². The van der Waals surface area contributed by atoms with Crippen molar-refractivity contribution in [1.82, 2.24) is 10.2 Å². The van der Waals surface area contributed by atoms with E-state index in [4.69, 9.17) is 22.3 Å². The number of nitrogens with zero attached hydrogens (tertiary/aromatic N) is 1. The number of benzene rings is 1. The highest BCUT2D eigenvalue weighted by atomic mass is 15.1. The lowest BCUT2D eigenvalue weighted by molar-refractivity contribution is 1.12. The van der Waals surface area contributed by atoms with Gasteiger partial charge in [0.05, 0.1) is 11.7 Å². The van der Waals surface area contributed by atoms with Crippen molar-refractivity contribution in [3.8, 4) is 0 Å². The number of aromatic nitrogens is 2. The second-order valence-corrected chi connectivity index (χ2v) is 4.08. The van der Waals surface area contributed by atoms with Crippen LogP contribution in [0.25, 0.3) is 10.9 Å². The van der Waals surface area contributed by atoms with Crippen LogP contribution < -0.4 is 16.8 Å². The minimum absolute atomic E-state index is 0.0996. The van der Waals surface area contributed by atoms with Gasteiger partial charge in [-0.05, 0) is 18.2 Å². The Hall–Kier alpha value is -3.09. The van der Waals surface area contributed by atoms with Crippen molar-refractivity contribution in [2.45, 2.75) is 0 Å². The molecular weight excluding hydrogens is 254 g/mol. The summed E-state index contributed by atoms with van der Waals surface area (Å²) in [5, 5.41) is 25.6. The first kappa shape index (κ1) is 13.3. The quantitative estimate of drug-likeness (QED) is 0.282. The molecule has 20 heavy (non-hydrogen) atoms. The third-order valence-electron chi connectivity index (χ3n) is 2.69. The first-order chi connectivity index (χ1) is 9.63. The van der Waals surface area contributed by atoms with Crippen LogP contribution in [0.4, 0.5) is 5.69 Å². The van der Waals surface area contributed by atoms with Crippen LogP contribution in [0.2, 0.25) is 0 Å². The number of allylic oxidation sites excluding steroid dienone is 1. The van der Waals surface area contributed by atoms with Crippen molar-refractivity contribution in [3.05, 3.63) is 47.9 Å². The zero-order valence-electron chi connectivity index (χ0n) is 10.6. The van der Waals surface area contributed by atoms with Crippen LogP contribution in [-0.2, 0) is 0 Å². The van der Waals surface area contributed by atoms with Crippen molar-refractivity contribution in [3.63, 3.8) is 0 Å². The Morgan fingerprint density at radius 1 is 1.40 bits per heavy atom. The van der Waals surface area contributed by atoms with Crippen LogP contribution in [0, 0.1) is 10.8 Å². The van der Waals surface area contributed by atoms with E-state index in [1.54, 1.807) is 6.20 Å². The molecule has 0 spiro atoms. The van der Waals surface area contributed by atoms with Crippen molar-refractivity contribution in [2.24, 2.45) is 11.5 Å². The number of hydrogen-bond donors (Lipinski definition) is 6. The number of amidine groups is 1. The number of rotatable bonds is 4. The minimum Gasteiger partial charge on any atom is -0.404 e. The predicted molar refractivity (Wildman–Crippen MR) is 80.8 cm³/mol. The van der Waals surface area contributed by atoms with Crippen LogP contribution in [0.1, 0.15) is 0 Å². The maximum Gasteiger partial charge on any atom is 0.124 e. The zero-order valence-corrected chi connectivity index (χ0v) is 10.6. The Morgan fingerprint density at radius 3 is 2.90 bits per heavy atom. The number of anilines is 1. The maximum absolute atomic E-state index is 7.83. The van der Waals surface area contributed by atoms with Gasteiger partial charge in [-0.2, -0.15) is 5.10 Å². The molecule has 2 rings (SSSR count). The summed E-state index contributed by atoms with van der Waals surface area (Å²) in [5.41, 5.74) is 13.3. The molecule has 7 nitrogen and oxygen atoms in total. The summed E-state index contributed by atoms with van der Waals surface area (Å²) >= 11 is 0. The molecule has 7 heteroatoms. The third kappa shape index (κ3) is 2.83. The van der Waals surface area contributed by atoms with Gasteiger partial charge in [-0.25, -0.2) is 0 Å². The highest BCUT2D eigenvalue weighted by Crippen LogP contribution is 2.16. The van der Waals surface area contributed by atoms with E-state index in [1.165, 1.54) is 12.3 Å². The van der Waals surface area contributed by atoms with Gasteiger partial charge in [-0.3, -0.25) is 10.5 Å². The molecule has 0 aliphatic carbocycles. The molecule has 0 atom stereocenters. The second-order valence-electron chi connectivity index (χ2n) is 4.08. The Labute approximate surface area is 115 Å². The molecule has 0 saturated heterocycles. The molecule has 0 aliphatic rings. The summed E-state index contributed by atoms with van der Waals surface area (Å²) in [7, 11) is 0. The van der Waals surface area contributed by atoms with Gasteiger partial charge in [-0.1, -0.05) is 0 Å². The normalized spacial score (nSPS) is 12.4. The third-order valence-corrected chi connectivity index (χ3v) is 2.69. The summed E-state index contributed by atoms with van der Waals surface area (Å²) < 4.78 is 0. The standard InChI is InChI=1S/C13H15N7/c14-5-9(6-15)11(16)4-13(17)19-10-2-1-8-7-18-20-12(8)3-10/h1-7,14H,15-16H2,(H2,17,19)(H,18,20)/b9-6+,11-4-,14-5?. The SMILES string of the molecule is N=CC(=C\N)/C(N)=C/C(=N)Nc1ccc2cn[nH]c2c1. The molecule has 0 bridgehead atoms. The average Bonchev–Trinajstić information content (AvgIpc) is 2.87. The number of fused-ring (bicyclic) bond motifs is 1. The Balaban J connectivity index is 2.15. The van der Waals surface area contributed by atoms with Crippen molar-refractivity contribution in [1.29, 1.82) is 10.8 Å². The lowest BCUT2D eigenvalue weighted by atomic mass is 10.2. The fraction of sp³-hybridized carbons (Fsp3) is 0. The summed E-state index contributed by atoms with van der Waals surface area (Å²) in [6.45, 7) is 0. The van der Waals surface area contributed by atoms with E-state index in [-0.39, 0.29) is 11.5 Å². The number of H-pyrrole nitrogens is 1. The number of nitrogens with one attached hydrogen (secondary N) is 4. The summed E-state index contributed by atoms with van der Waals surface area (Å²) in [4.78, 5) is 0. The van der Waals surface area contributed by atoms with Crippen molar-refractivity contribution >= 4 is 28.6 Å². The van der Waals surface area contributed by atoms with Crippen LogP contribution in [0.5, 0.6) is 0 Å². The largest absolute Gasteiger partial charge is 0.404 e. The molecule has 0 unspecified atom stereocenters. The van der Waals surface area contributed by atoms with E-state index in [1.807, 2.05) is 18.2 Å². The molecule has 0 radical (unpaired) electrons. The van der Waals surface area contributed by atoms with E-state index in [0.29, 0.717) is 5.57 Å². The maximum atomic E-state index is 7.83. The van der Waals surface area contributed by atoms with Crippen LogP contribution >= 0.6 is 0 Å². The molecule has 0 saturated carbocycles. The Bertz CT molecular complexity index is 708. The smallest absolute Gasteiger partial charge is 0.124 e. The Kier molecular flexibility index (Phi) is 3.80. The summed E-state index contributed by atoms with van der Waals surface area (Å²) in [6, 6.07) is 5.58. The van der Waals surface area contributed by atoms with Crippen LogP contribution in [-0.4, -0.2) is 22.2 Å². The molecule has 0 aliphatic heterocycles. The first-order valence-electron chi connectivity index (χ1n) is 5.82. The van der Waals surface area contributed by atoms with Gasteiger partial charge in [0.15, 0.2) is 0 Å². The number of hydrogen-bond acceptors (Lipinski definition) is 5. The molecule has 0 fully saturated rings. The number of nitrogens with two attached hydrogens (primary N) is 2. The molecule has 1 aromatic heterocycles. The van der Waals surface area contributed by atoms with E-state index >= 15 is 0 Å². The summed E-state index contributed by atoms with van der Waals surface area (Å²) in [6.07, 6.45) is 5.39. The van der Waals surface area contributed by atoms with Crippen LogP contribution in [0.3, 0.4) is 0 Å². The van der Waals surface area contributed by atoms with E-state index in [0.717, 1.165) is 22.8 Å². The van der Waals surface area contributed by atoms with Crippen LogP contribution in [0.15, 0.2) is 47.9 Å². The Morgan fingerprint density at radius 2 is 2.20 bits per heavy atom. The predicted octanol–water partition coefficient (Wildman–Crippen LogP) is 1.29. The lowest BCUT2D eigenvalue weighted by Crippen LogP contribution is -2.12. The van der Waals surface area contributed by atoms with Gasteiger partial charge in [0.25, 0.3) is 0 Å². The number of aromatic amines is 1. The van der Waals surface area contributed by atoms with Gasteiger partial charge in [-0.15, -0.1) is 0 Å². The molecule has 102 valence electrons. The second kappa shape index (κ2) is 5.70. The minimum atomic E-state index is 0.0996. The van der Waals surface area contributed by atoms with E-state index < -0.39 is 0 Å². The van der Waals surface area contributed by atoms with Gasteiger partial charge < -0.3 is 22.2 Å². The average molecular weight is 269 g/mol. The zero-order chi connectivity index (χ0) is 14.5. The van der Waals surface area contributed by atoms with Gasteiger partial charge in [0.2, 0.25) is 0 Å². The highest BCUT2D eigenvalue weighted by molar-refractivity contribution is 6.04. The van der Waals surface area contributed by atoms with Gasteiger partial charge in [0, 0.05) is 40.8 Å². The molecule has 1 aromatic carbocycles. The monoisotopic (exact) mass is 269 g/mol. The van der Waals surface area contributed by atoms with Gasteiger partial charge in [0.1, 0.15) is 5.84 Å². The van der Waals surface area contributed by atoms with Crippen molar-refractivity contribution in [2.75, 3.05) is 5.32 Å². The van der Waals surface area contributed by atoms with E-state index in [2.05, 4.69) is 15.5 Å². The molecular formula is C13H15N7. The lowest BCUT2D eigenvalue weighted by Gasteiger charge is -2.06. The molecule has 1 heterocycles. The first-order valence-corrected chi connectivity index (χ1v) is 5.82. The fourth-order valence-corrected chi connectivity index (χ4v) is 1.67. The molecule has 8 N–H and O–H groups in total. The van der Waals surface area contributed by atoms with Crippen molar-refractivity contribution < 1.29 is 0 Å². The fourth-order valence-electron chi connectivity index (χ4n) is 1.67. The van der Waals surface area contributed by atoms with E-state index in [9.17, 15) is 0 Å². The van der Waals surface area contributed by atoms with Gasteiger partial charge >= 0.3 is 0 Å². The molecule has 0 amide bonds. The molecule has 2 aromatic rings.